The SMILES string of the molecule is CC=CCOc1ccc2cc(C(F)=C(F)c3ccc(CC)cc3)ccc2c1. The minimum Gasteiger partial charge on any atom is -0.490 e. The van der Waals surface area contributed by atoms with Gasteiger partial charge < -0.3 is 4.74 Å². The maximum Gasteiger partial charge on any atom is 0.166 e. The second-order valence-corrected chi connectivity index (χ2v) is 6.28. The molecular weight excluding hydrogens is 342 g/mol. The molecule has 3 rings (SSSR count). The van der Waals surface area contributed by atoms with Gasteiger partial charge in [0, 0.05) is 11.1 Å². The second-order valence-electron chi connectivity index (χ2n) is 6.28. The van der Waals surface area contributed by atoms with Crippen LogP contribution in [0.25, 0.3) is 22.4 Å². The summed E-state index contributed by atoms with van der Waals surface area (Å²) in [5, 5.41) is 1.74. The van der Waals surface area contributed by atoms with Crippen LogP contribution in [-0.2, 0) is 6.42 Å². The minimum atomic E-state index is -0.852. The largest absolute Gasteiger partial charge is 0.490 e. The normalized spacial score (nSPS) is 12.4. The number of rotatable bonds is 6. The van der Waals surface area contributed by atoms with Crippen molar-refractivity contribution < 1.29 is 13.5 Å². The van der Waals surface area contributed by atoms with E-state index in [9.17, 15) is 8.78 Å². The highest BCUT2D eigenvalue weighted by molar-refractivity contribution is 5.90. The van der Waals surface area contributed by atoms with Crippen LogP contribution in [0.3, 0.4) is 0 Å². The standard InChI is InChI=1S/C24H22F2O/c1-3-5-14-27-22-13-12-19-15-21(11-10-20(19)16-22)24(26)23(25)18-8-6-17(4-2)7-9-18/h3,5-13,15-16H,4,14H2,1-2H3. The molecule has 3 aromatic rings. The Morgan fingerprint density at radius 3 is 2.19 bits per heavy atom. The third-order valence-electron chi connectivity index (χ3n) is 4.46. The van der Waals surface area contributed by atoms with Crippen molar-refractivity contribution in [3.63, 3.8) is 0 Å². The summed E-state index contributed by atoms with van der Waals surface area (Å²) in [5.74, 6) is -0.954. The van der Waals surface area contributed by atoms with Crippen molar-refractivity contribution in [3.05, 3.63) is 89.5 Å². The number of hydrogen-bond donors (Lipinski definition) is 0. The Bertz CT molecular complexity index is 985. The first kappa shape index (κ1) is 18.8. The molecule has 3 aromatic carbocycles. The fraction of sp³-hybridized carbons (Fsp3) is 0.167. The van der Waals surface area contributed by atoms with Crippen molar-refractivity contribution >= 4 is 22.4 Å². The number of aryl methyl sites for hydroxylation is 1. The quantitative estimate of drug-likeness (QED) is 0.334. The third-order valence-corrected chi connectivity index (χ3v) is 4.46. The summed E-state index contributed by atoms with van der Waals surface area (Å²) in [5.41, 5.74) is 1.56. The van der Waals surface area contributed by atoms with Crippen molar-refractivity contribution in [2.75, 3.05) is 6.61 Å². The molecule has 0 aliphatic heterocycles. The molecule has 0 heterocycles. The van der Waals surface area contributed by atoms with Gasteiger partial charge in [0.15, 0.2) is 11.7 Å². The highest BCUT2D eigenvalue weighted by atomic mass is 19.2. The summed E-state index contributed by atoms with van der Waals surface area (Å²) in [6.07, 6.45) is 4.70. The number of allylic oxidation sites excluding steroid dienone is 1. The van der Waals surface area contributed by atoms with Crippen LogP contribution in [0.2, 0.25) is 0 Å². The molecule has 0 fully saturated rings. The van der Waals surface area contributed by atoms with E-state index in [1.54, 1.807) is 30.3 Å². The molecule has 0 unspecified atom stereocenters. The van der Waals surface area contributed by atoms with E-state index in [1.165, 1.54) is 0 Å². The predicted octanol–water partition coefficient (Wildman–Crippen LogP) is 7.12. The van der Waals surface area contributed by atoms with Gasteiger partial charge in [-0.1, -0.05) is 61.5 Å². The zero-order valence-corrected chi connectivity index (χ0v) is 15.5. The zero-order chi connectivity index (χ0) is 19.2. The lowest BCUT2D eigenvalue weighted by atomic mass is 10.0. The predicted molar refractivity (Wildman–Crippen MR) is 109 cm³/mol. The number of benzene rings is 3. The van der Waals surface area contributed by atoms with Gasteiger partial charge in [0.05, 0.1) is 0 Å². The average Bonchev–Trinajstić information content (AvgIpc) is 2.72. The van der Waals surface area contributed by atoms with Crippen LogP contribution in [0.5, 0.6) is 5.75 Å². The van der Waals surface area contributed by atoms with E-state index in [-0.39, 0.29) is 11.1 Å². The third kappa shape index (κ3) is 4.43. The average molecular weight is 364 g/mol. The number of hydrogen-bond acceptors (Lipinski definition) is 1. The van der Waals surface area contributed by atoms with Crippen molar-refractivity contribution in [1.82, 2.24) is 0 Å². The van der Waals surface area contributed by atoms with Gasteiger partial charge in [0.25, 0.3) is 0 Å². The molecule has 0 amide bonds. The van der Waals surface area contributed by atoms with Gasteiger partial charge >= 0.3 is 0 Å². The molecule has 0 aromatic heterocycles. The monoisotopic (exact) mass is 364 g/mol. The molecule has 3 heteroatoms. The Morgan fingerprint density at radius 2 is 1.48 bits per heavy atom. The Kier molecular flexibility index (Phi) is 6.02. The summed E-state index contributed by atoms with van der Waals surface area (Å²) >= 11 is 0. The summed E-state index contributed by atoms with van der Waals surface area (Å²) in [7, 11) is 0. The van der Waals surface area contributed by atoms with Crippen LogP contribution in [0.15, 0.2) is 72.8 Å². The molecule has 0 saturated heterocycles. The van der Waals surface area contributed by atoms with Crippen molar-refractivity contribution in [2.45, 2.75) is 20.3 Å². The van der Waals surface area contributed by atoms with Crippen molar-refractivity contribution in [1.29, 1.82) is 0 Å². The molecular formula is C24H22F2O. The molecule has 1 nitrogen and oxygen atoms in total. The fourth-order valence-corrected chi connectivity index (χ4v) is 2.83. The van der Waals surface area contributed by atoms with Crippen molar-refractivity contribution in [2.24, 2.45) is 0 Å². The number of fused-ring (bicyclic) bond motifs is 1. The van der Waals surface area contributed by atoms with E-state index in [4.69, 9.17) is 4.74 Å². The van der Waals surface area contributed by atoms with E-state index in [2.05, 4.69) is 0 Å². The first-order valence-electron chi connectivity index (χ1n) is 9.05. The molecule has 0 aliphatic carbocycles. The molecule has 0 saturated carbocycles. The van der Waals surface area contributed by atoms with E-state index >= 15 is 0 Å². The van der Waals surface area contributed by atoms with E-state index in [1.807, 2.05) is 56.3 Å². The fourth-order valence-electron chi connectivity index (χ4n) is 2.83. The van der Waals surface area contributed by atoms with Gasteiger partial charge in [-0.15, -0.1) is 0 Å². The van der Waals surface area contributed by atoms with E-state index < -0.39 is 11.7 Å². The summed E-state index contributed by atoms with van der Waals surface area (Å²) < 4.78 is 34.9. The first-order chi connectivity index (χ1) is 13.1. The Hall–Kier alpha value is -2.94. The van der Waals surface area contributed by atoms with Crippen LogP contribution >= 0.6 is 0 Å². The van der Waals surface area contributed by atoms with Gasteiger partial charge in [-0.25, -0.2) is 8.78 Å². The molecule has 0 bridgehead atoms. The van der Waals surface area contributed by atoms with Crippen LogP contribution in [0, 0.1) is 0 Å². The molecule has 0 radical (unpaired) electrons. The van der Waals surface area contributed by atoms with Gasteiger partial charge in [0.1, 0.15) is 12.4 Å². The van der Waals surface area contributed by atoms with Crippen LogP contribution in [-0.4, -0.2) is 6.61 Å². The molecule has 0 N–H and O–H groups in total. The minimum absolute atomic E-state index is 0.224. The van der Waals surface area contributed by atoms with Gasteiger partial charge in [-0.3, -0.25) is 0 Å². The Morgan fingerprint density at radius 1 is 0.852 bits per heavy atom. The lowest BCUT2D eigenvalue weighted by molar-refractivity contribution is 0.363. The van der Waals surface area contributed by atoms with E-state index in [0.717, 1.165) is 28.5 Å². The number of halogens is 2. The highest BCUT2D eigenvalue weighted by Crippen LogP contribution is 2.31. The Balaban J connectivity index is 1.89. The Labute approximate surface area is 158 Å². The van der Waals surface area contributed by atoms with Gasteiger partial charge in [0.2, 0.25) is 0 Å². The zero-order valence-electron chi connectivity index (χ0n) is 15.5. The van der Waals surface area contributed by atoms with Gasteiger partial charge in [-0.05, 0) is 47.9 Å². The highest BCUT2D eigenvalue weighted by Gasteiger charge is 2.12. The maximum absolute atomic E-state index is 14.7. The molecule has 0 aliphatic rings. The lowest BCUT2D eigenvalue weighted by Gasteiger charge is -2.07. The van der Waals surface area contributed by atoms with E-state index in [0.29, 0.717) is 6.61 Å². The van der Waals surface area contributed by atoms with Crippen LogP contribution < -0.4 is 4.74 Å². The van der Waals surface area contributed by atoms with Crippen LogP contribution in [0.4, 0.5) is 8.78 Å². The molecule has 0 atom stereocenters. The first-order valence-corrected chi connectivity index (χ1v) is 9.05. The maximum atomic E-state index is 14.7. The summed E-state index contributed by atoms with van der Waals surface area (Å²) in [6.45, 7) is 4.46. The van der Waals surface area contributed by atoms with Crippen molar-refractivity contribution in [3.8, 4) is 5.75 Å². The number of ether oxygens (including phenoxy) is 1. The molecule has 0 spiro atoms. The summed E-state index contributed by atoms with van der Waals surface area (Å²) in [4.78, 5) is 0. The lowest BCUT2D eigenvalue weighted by Crippen LogP contribution is -1.93. The molecule has 27 heavy (non-hydrogen) atoms. The smallest absolute Gasteiger partial charge is 0.166 e. The summed E-state index contributed by atoms with van der Waals surface area (Å²) in [6, 6.07) is 17.5. The molecule has 138 valence electrons. The topological polar surface area (TPSA) is 9.23 Å². The van der Waals surface area contributed by atoms with Crippen LogP contribution in [0.1, 0.15) is 30.5 Å². The van der Waals surface area contributed by atoms with Gasteiger partial charge in [-0.2, -0.15) is 0 Å². The second kappa shape index (κ2) is 8.63.